The Balaban J connectivity index is 0.000000210. The number of hydrogen-bond acceptors (Lipinski definition) is 5. The van der Waals surface area contributed by atoms with Crippen LogP contribution in [0.2, 0.25) is 0 Å². The quantitative estimate of drug-likeness (QED) is 0.0548. The van der Waals surface area contributed by atoms with Crippen LogP contribution in [0, 0.1) is 6.92 Å². The lowest BCUT2D eigenvalue weighted by atomic mass is 9.77. The number of ether oxygens (including phenoxy) is 4. The van der Waals surface area contributed by atoms with Crippen LogP contribution in [0.25, 0.3) is 32.3 Å². The number of rotatable bonds is 16. The number of benzene rings is 10. The Labute approximate surface area is 600 Å². The molecule has 0 fully saturated rings. The van der Waals surface area contributed by atoms with E-state index in [4.69, 9.17) is 18.9 Å². The van der Waals surface area contributed by atoms with E-state index >= 15 is 0 Å². The van der Waals surface area contributed by atoms with E-state index < -0.39 is 0 Å². The SMILES string of the molecule is CCC(C)(C)c1c2ccccc2cc2ccccc12.CCC(C)(C)c1ccc(C)cc1.CCC(C)(C)c1ccc(OC(C)=O)cc1.CCC(C)(C)c1ccc(OC)cc1.CCC(C)(C)c1ccc2c(c1)OCO2.CCC(C)(C)c1cccc2ccccc12.CCC(C)(C)c1ccccc1. The van der Waals surface area contributed by atoms with Crippen LogP contribution in [0.15, 0.2) is 218 Å². The number of carbonyl (C=O) groups is 1. The van der Waals surface area contributed by atoms with Gasteiger partial charge in [-0.25, -0.2) is 0 Å². The second kappa shape index (κ2) is 36.8. The van der Waals surface area contributed by atoms with Crippen LogP contribution < -0.4 is 18.9 Å². The number of esters is 1. The van der Waals surface area contributed by atoms with Crippen molar-refractivity contribution in [2.75, 3.05) is 13.9 Å². The summed E-state index contributed by atoms with van der Waals surface area (Å²) in [5.41, 5.74) is 12.9. The summed E-state index contributed by atoms with van der Waals surface area (Å²) >= 11 is 0. The summed E-state index contributed by atoms with van der Waals surface area (Å²) in [7, 11) is 1.69. The van der Waals surface area contributed by atoms with Crippen molar-refractivity contribution >= 4 is 38.3 Å². The van der Waals surface area contributed by atoms with Crippen LogP contribution in [-0.4, -0.2) is 19.9 Å². The van der Waals surface area contributed by atoms with Gasteiger partial charge in [0.15, 0.2) is 11.5 Å². The van der Waals surface area contributed by atoms with Crippen LogP contribution in [0.3, 0.4) is 0 Å². The molecule has 1 heterocycles. The van der Waals surface area contributed by atoms with Gasteiger partial charge in [0.25, 0.3) is 0 Å². The molecular weight excluding hydrogens is 1210 g/mol. The first kappa shape index (κ1) is 81.5. The van der Waals surface area contributed by atoms with E-state index in [1.807, 2.05) is 42.5 Å². The summed E-state index contributed by atoms with van der Waals surface area (Å²) in [4.78, 5) is 10.7. The Morgan fingerprint density at radius 1 is 0.343 bits per heavy atom. The first-order valence-corrected chi connectivity index (χ1v) is 36.6. The molecular formula is C94H124O5. The summed E-state index contributed by atoms with van der Waals surface area (Å²) in [6.07, 6.45) is 8.05. The Morgan fingerprint density at radius 2 is 0.697 bits per heavy atom. The van der Waals surface area contributed by atoms with Gasteiger partial charge in [-0.1, -0.05) is 327 Å². The van der Waals surface area contributed by atoms with Crippen molar-refractivity contribution in [3.8, 4) is 23.0 Å². The fourth-order valence-corrected chi connectivity index (χ4v) is 11.3. The van der Waals surface area contributed by atoms with Gasteiger partial charge in [0.2, 0.25) is 6.79 Å². The zero-order chi connectivity index (χ0) is 73.4. The molecule has 10 aromatic carbocycles. The van der Waals surface area contributed by atoms with Crippen LogP contribution in [-0.2, 0) is 42.7 Å². The van der Waals surface area contributed by atoms with Crippen molar-refractivity contribution in [3.63, 3.8) is 0 Å². The van der Waals surface area contributed by atoms with Crippen molar-refractivity contribution in [2.24, 2.45) is 0 Å². The fraction of sp³-hybridized carbons (Fsp3) is 0.415. The molecule has 0 atom stereocenters. The number of fused-ring (bicyclic) bond motifs is 4. The Hall–Kier alpha value is -8.15. The zero-order valence-corrected chi connectivity index (χ0v) is 65.5. The van der Waals surface area contributed by atoms with E-state index in [1.165, 1.54) is 103 Å². The fourth-order valence-electron chi connectivity index (χ4n) is 11.3. The first-order chi connectivity index (χ1) is 46.7. The lowest BCUT2D eigenvalue weighted by molar-refractivity contribution is -0.131. The topological polar surface area (TPSA) is 54.0 Å². The largest absolute Gasteiger partial charge is 0.497 e. The molecule has 530 valence electrons. The maximum Gasteiger partial charge on any atom is 0.308 e. The standard InChI is InChI=1S/C19H20.C15H18.C13H18O2.C12H16O2.C12H18O.C12H18.C11H16/c1-4-19(2,3)18-16-11-7-5-9-14(16)13-15-10-6-8-12-17(15)18;1-4-15(2,3)14-11-7-9-12-8-5-6-10-13(12)14;1-5-13(3,4)11-6-8-12(9-7-11)15-10(2)14;1-4-12(2,3)9-5-6-10-11(7-9)14-8-13-10;1-5-12(2,3)10-6-8-11(13-4)9-7-10;1-5-12(3,4)11-8-6-10(2)7-9-11;1-4-11(2,3)10-8-6-5-7-9-10/h5-13H,4H2,1-3H3;5-11H,4H2,1-3H3;6-9H,5H2,1-4H3;5-7H,4,8H2,1-3H3;6-9H,5H2,1-4H3;6-9H,5H2,1-4H3;5-9H,4H2,1-3H3. The molecule has 0 N–H and O–H groups in total. The highest BCUT2D eigenvalue weighted by molar-refractivity contribution is 6.03. The Kier molecular flexibility index (Phi) is 30.3. The van der Waals surface area contributed by atoms with Gasteiger partial charge in [-0.05, 0) is 204 Å². The highest BCUT2D eigenvalue weighted by Gasteiger charge is 2.26. The molecule has 0 spiro atoms. The van der Waals surface area contributed by atoms with Crippen LogP contribution in [0.5, 0.6) is 23.0 Å². The number of carbonyl (C=O) groups excluding carboxylic acids is 1. The van der Waals surface area contributed by atoms with E-state index in [1.54, 1.807) is 7.11 Å². The molecule has 0 aliphatic carbocycles. The molecule has 11 rings (SSSR count). The zero-order valence-electron chi connectivity index (χ0n) is 65.5. The minimum atomic E-state index is -0.280. The molecule has 0 radical (unpaired) electrons. The monoisotopic (exact) mass is 1330 g/mol. The van der Waals surface area contributed by atoms with Crippen LogP contribution in [0.4, 0.5) is 0 Å². The summed E-state index contributed by atoms with van der Waals surface area (Å²) in [5.74, 6) is 3.00. The van der Waals surface area contributed by atoms with Crippen molar-refractivity contribution < 1.29 is 23.7 Å². The van der Waals surface area contributed by atoms with Crippen molar-refractivity contribution in [1.29, 1.82) is 0 Å². The molecule has 5 nitrogen and oxygen atoms in total. The number of hydrogen-bond donors (Lipinski definition) is 0. The molecule has 0 saturated carbocycles. The normalized spacial score (nSPS) is 12.1. The average molecular weight is 1330 g/mol. The lowest BCUT2D eigenvalue weighted by Crippen LogP contribution is -2.16. The molecule has 0 bridgehead atoms. The van der Waals surface area contributed by atoms with Gasteiger partial charge in [0.05, 0.1) is 7.11 Å². The third-order valence-corrected chi connectivity index (χ3v) is 21.5. The van der Waals surface area contributed by atoms with Gasteiger partial charge in [-0.3, -0.25) is 4.79 Å². The van der Waals surface area contributed by atoms with Gasteiger partial charge in [-0.15, -0.1) is 0 Å². The third-order valence-electron chi connectivity index (χ3n) is 21.5. The van der Waals surface area contributed by atoms with Gasteiger partial charge in [-0.2, -0.15) is 0 Å². The van der Waals surface area contributed by atoms with E-state index in [9.17, 15) is 4.79 Å². The van der Waals surface area contributed by atoms with Crippen LogP contribution >= 0.6 is 0 Å². The average Bonchev–Trinajstić information content (AvgIpc) is 1.51. The third kappa shape index (κ3) is 23.2. The lowest BCUT2D eigenvalue weighted by Gasteiger charge is -2.27. The van der Waals surface area contributed by atoms with Gasteiger partial charge < -0.3 is 18.9 Å². The maximum atomic E-state index is 10.7. The molecule has 1 aliphatic heterocycles. The van der Waals surface area contributed by atoms with Crippen molar-refractivity contribution in [3.05, 3.63) is 263 Å². The minimum absolute atomic E-state index is 0.175. The minimum Gasteiger partial charge on any atom is -0.497 e. The van der Waals surface area contributed by atoms with Crippen LogP contribution in [0.1, 0.15) is 242 Å². The van der Waals surface area contributed by atoms with Gasteiger partial charge in [0, 0.05) is 6.92 Å². The molecule has 1 aliphatic rings. The Morgan fingerprint density at radius 3 is 1.13 bits per heavy atom. The smallest absolute Gasteiger partial charge is 0.308 e. The maximum absolute atomic E-state index is 10.7. The highest BCUT2D eigenvalue weighted by Crippen LogP contribution is 2.41. The van der Waals surface area contributed by atoms with Crippen molar-refractivity contribution in [1.82, 2.24) is 0 Å². The highest BCUT2D eigenvalue weighted by atomic mass is 16.7. The molecule has 0 unspecified atom stereocenters. The summed E-state index contributed by atoms with van der Waals surface area (Å²) in [6.45, 7) is 51.3. The van der Waals surface area contributed by atoms with E-state index in [-0.39, 0.29) is 33.0 Å². The van der Waals surface area contributed by atoms with E-state index in [2.05, 4.69) is 328 Å². The van der Waals surface area contributed by atoms with E-state index in [0.717, 1.165) is 42.9 Å². The number of methoxy groups -OCH3 is 1. The predicted octanol–water partition coefficient (Wildman–Crippen LogP) is 27.1. The van der Waals surface area contributed by atoms with Gasteiger partial charge >= 0.3 is 5.97 Å². The van der Waals surface area contributed by atoms with E-state index in [0.29, 0.717) is 23.4 Å². The number of aryl methyl sites for hydroxylation is 1. The first-order valence-electron chi connectivity index (χ1n) is 36.6. The molecule has 0 aromatic heterocycles. The van der Waals surface area contributed by atoms with Crippen molar-refractivity contribution in [2.45, 2.75) is 242 Å². The second-order valence-corrected chi connectivity index (χ2v) is 31.0. The summed E-state index contributed by atoms with van der Waals surface area (Å²) in [6, 6.07) is 76.8. The molecule has 10 aromatic rings. The second-order valence-electron chi connectivity index (χ2n) is 31.0. The summed E-state index contributed by atoms with van der Waals surface area (Å²) < 4.78 is 20.7. The molecule has 0 saturated heterocycles. The van der Waals surface area contributed by atoms with Gasteiger partial charge in [0.1, 0.15) is 11.5 Å². The molecule has 5 heteroatoms. The Bertz CT molecular complexity index is 3990. The molecule has 99 heavy (non-hydrogen) atoms. The molecule has 0 amide bonds. The summed E-state index contributed by atoms with van der Waals surface area (Å²) in [5, 5.41) is 8.22. The predicted molar refractivity (Wildman–Crippen MR) is 430 cm³/mol.